The Morgan fingerprint density at radius 1 is 1.12 bits per heavy atom. The Morgan fingerprint density at radius 3 is 2.29 bits per heavy atom. The van der Waals surface area contributed by atoms with E-state index >= 15 is 0 Å². The average molecular weight is 237 g/mol. The Labute approximate surface area is 108 Å². The number of hydrogen-bond acceptors (Lipinski definition) is 1. The van der Waals surface area contributed by atoms with Crippen LogP contribution in [0.15, 0.2) is 11.1 Å². The molecule has 1 spiro atoms. The molecule has 0 bridgehead atoms. The molecule has 0 saturated carbocycles. The van der Waals surface area contributed by atoms with Crippen LogP contribution in [0.4, 0.5) is 0 Å². The fraction of sp³-hybridized carbons (Fsp3) is 0.875. The highest BCUT2D eigenvalue weighted by molar-refractivity contribution is 5.27. The van der Waals surface area contributed by atoms with Gasteiger partial charge in [-0.05, 0) is 71.0 Å². The Bertz CT molecular complexity index is 279. The SMILES string of the molecule is CC.CC1=C(C)C2(CCCN(C)CC2)CC1C. The Kier molecular flexibility index (Phi) is 5.24. The lowest BCUT2D eigenvalue weighted by Crippen LogP contribution is -2.23. The molecular weight excluding hydrogens is 206 g/mol. The van der Waals surface area contributed by atoms with Crippen LogP contribution in [0.5, 0.6) is 0 Å². The fourth-order valence-electron chi connectivity index (χ4n) is 3.59. The summed E-state index contributed by atoms with van der Waals surface area (Å²) < 4.78 is 0. The largest absolute Gasteiger partial charge is 0.306 e. The molecule has 0 amide bonds. The summed E-state index contributed by atoms with van der Waals surface area (Å²) in [5.41, 5.74) is 3.98. The van der Waals surface area contributed by atoms with Crippen LogP contribution in [0.1, 0.15) is 60.3 Å². The van der Waals surface area contributed by atoms with E-state index in [0.717, 1.165) is 5.92 Å². The zero-order valence-corrected chi connectivity index (χ0v) is 12.8. The van der Waals surface area contributed by atoms with E-state index in [1.54, 1.807) is 11.1 Å². The Balaban J connectivity index is 0.000000686. The van der Waals surface area contributed by atoms with Gasteiger partial charge >= 0.3 is 0 Å². The first-order valence-corrected chi connectivity index (χ1v) is 7.41. The van der Waals surface area contributed by atoms with E-state index in [4.69, 9.17) is 0 Å². The second-order valence-electron chi connectivity index (χ2n) is 5.85. The molecule has 17 heavy (non-hydrogen) atoms. The minimum absolute atomic E-state index is 0.578. The standard InChI is InChI=1S/C14H25N.C2H6/c1-11-10-14(13(3)12(11)2)6-5-8-15(4)9-7-14;1-2/h11H,5-10H2,1-4H3;1-2H3. The van der Waals surface area contributed by atoms with Crippen molar-refractivity contribution < 1.29 is 0 Å². The third kappa shape index (κ3) is 2.93. The second-order valence-corrected chi connectivity index (χ2v) is 5.85. The number of hydrogen-bond donors (Lipinski definition) is 0. The van der Waals surface area contributed by atoms with E-state index in [0.29, 0.717) is 5.41 Å². The smallest absolute Gasteiger partial charge is 0.00134 e. The van der Waals surface area contributed by atoms with E-state index in [9.17, 15) is 0 Å². The quantitative estimate of drug-likeness (QED) is 0.561. The van der Waals surface area contributed by atoms with Gasteiger partial charge in [-0.25, -0.2) is 0 Å². The first-order chi connectivity index (χ1) is 8.05. The zero-order valence-electron chi connectivity index (χ0n) is 12.8. The number of likely N-dealkylation sites (tertiary alicyclic amines) is 1. The summed E-state index contributed by atoms with van der Waals surface area (Å²) in [7, 11) is 2.27. The van der Waals surface area contributed by atoms with Crippen LogP contribution < -0.4 is 0 Å². The van der Waals surface area contributed by atoms with Gasteiger partial charge in [-0.2, -0.15) is 0 Å². The van der Waals surface area contributed by atoms with Gasteiger partial charge in [0.15, 0.2) is 0 Å². The molecule has 0 N–H and O–H groups in total. The van der Waals surface area contributed by atoms with E-state index in [2.05, 4.69) is 32.7 Å². The molecule has 1 aliphatic heterocycles. The number of rotatable bonds is 0. The maximum atomic E-state index is 2.50. The van der Waals surface area contributed by atoms with Crippen molar-refractivity contribution in [2.45, 2.75) is 60.3 Å². The van der Waals surface area contributed by atoms with E-state index in [-0.39, 0.29) is 0 Å². The molecule has 1 saturated heterocycles. The van der Waals surface area contributed by atoms with Gasteiger partial charge in [0.2, 0.25) is 0 Å². The lowest BCUT2D eigenvalue weighted by atomic mass is 9.74. The molecule has 1 heterocycles. The van der Waals surface area contributed by atoms with Gasteiger partial charge in [-0.15, -0.1) is 0 Å². The van der Waals surface area contributed by atoms with Crippen molar-refractivity contribution in [1.82, 2.24) is 4.90 Å². The van der Waals surface area contributed by atoms with Crippen LogP contribution in [-0.2, 0) is 0 Å². The normalized spacial score (nSPS) is 34.6. The number of allylic oxidation sites excluding steroid dienone is 2. The van der Waals surface area contributed by atoms with Gasteiger partial charge in [-0.1, -0.05) is 31.9 Å². The van der Waals surface area contributed by atoms with Gasteiger partial charge in [0.05, 0.1) is 0 Å². The Hall–Kier alpha value is -0.300. The summed E-state index contributed by atoms with van der Waals surface area (Å²) in [6, 6.07) is 0. The van der Waals surface area contributed by atoms with Crippen molar-refractivity contribution in [2.75, 3.05) is 20.1 Å². The van der Waals surface area contributed by atoms with Crippen molar-refractivity contribution >= 4 is 0 Å². The third-order valence-corrected chi connectivity index (χ3v) is 4.99. The Morgan fingerprint density at radius 2 is 1.76 bits per heavy atom. The molecular formula is C16H31N. The first-order valence-electron chi connectivity index (χ1n) is 7.41. The van der Waals surface area contributed by atoms with Crippen molar-refractivity contribution in [2.24, 2.45) is 11.3 Å². The lowest BCUT2D eigenvalue weighted by molar-refractivity contribution is 0.272. The monoisotopic (exact) mass is 237 g/mol. The van der Waals surface area contributed by atoms with Crippen LogP contribution in [0.3, 0.4) is 0 Å². The van der Waals surface area contributed by atoms with E-state index in [1.165, 1.54) is 38.8 Å². The van der Waals surface area contributed by atoms with E-state index < -0.39 is 0 Å². The molecule has 0 aromatic rings. The van der Waals surface area contributed by atoms with Gasteiger partial charge in [0, 0.05) is 0 Å². The zero-order chi connectivity index (χ0) is 13.1. The third-order valence-electron chi connectivity index (χ3n) is 4.99. The van der Waals surface area contributed by atoms with Crippen LogP contribution in [0.2, 0.25) is 0 Å². The molecule has 0 radical (unpaired) electrons. The fourth-order valence-corrected chi connectivity index (χ4v) is 3.59. The summed E-state index contributed by atoms with van der Waals surface area (Å²) in [5, 5.41) is 0. The topological polar surface area (TPSA) is 3.24 Å². The maximum absolute atomic E-state index is 2.50. The minimum atomic E-state index is 0.578. The molecule has 0 aromatic carbocycles. The second kappa shape index (κ2) is 6.04. The predicted molar refractivity (Wildman–Crippen MR) is 77.3 cm³/mol. The van der Waals surface area contributed by atoms with E-state index in [1.807, 2.05) is 13.8 Å². The van der Waals surface area contributed by atoms with Gasteiger partial charge in [-0.3, -0.25) is 0 Å². The van der Waals surface area contributed by atoms with Gasteiger partial charge in [0.25, 0.3) is 0 Å². The molecule has 2 aliphatic rings. The summed E-state index contributed by atoms with van der Waals surface area (Å²) in [4.78, 5) is 2.50. The van der Waals surface area contributed by atoms with Crippen molar-refractivity contribution in [3.05, 3.63) is 11.1 Å². The molecule has 100 valence electrons. The molecule has 1 heteroatoms. The van der Waals surface area contributed by atoms with Crippen molar-refractivity contribution in [1.29, 1.82) is 0 Å². The number of nitrogens with zero attached hydrogens (tertiary/aromatic N) is 1. The first kappa shape index (κ1) is 14.8. The summed E-state index contributed by atoms with van der Waals surface area (Å²) >= 11 is 0. The average Bonchev–Trinajstić information content (AvgIpc) is 2.50. The predicted octanol–water partition coefficient (Wildman–Crippen LogP) is 4.49. The highest BCUT2D eigenvalue weighted by Gasteiger charge is 2.40. The van der Waals surface area contributed by atoms with Crippen molar-refractivity contribution in [3.8, 4) is 0 Å². The summed E-state index contributed by atoms with van der Waals surface area (Å²) in [6.45, 7) is 13.7. The highest BCUT2D eigenvalue weighted by Crippen LogP contribution is 2.51. The maximum Gasteiger partial charge on any atom is -0.00134 e. The van der Waals surface area contributed by atoms with Crippen LogP contribution in [0, 0.1) is 11.3 Å². The minimum Gasteiger partial charge on any atom is -0.306 e. The molecule has 2 rings (SSSR count). The molecule has 2 atom stereocenters. The molecule has 0 aromatic heterocycles. The summed E-state index contributed by atoms with van der Waals surface area (Å²) in [5.74, 6) is 0.827. The molecule has 1 nitrogen and oxygen atoms in total. The molecule has 1 aliphatic carbocycles. The van der Waals surface area contributed by atoms with Crippen molar-refractivity contribution in [3.63, 3.8) is 0 Å². The van der Waals surface area contributed by atoms with Gasteiger partial charge < -0.3 is 4.90 Å². The lowest BCUT2D eigenvalue weighted by Gasteiger charge is -2.30. The summed E-state index contributed by atoms with van der Waals surface area (Å²) in [6.07, 6.45) is 5.61. The van der Waals surface area contributed by atoms with Crippen LogP contribution >= 0.6 is 0 Å². The van der Waals surface area contributed by atoms with Crippen LogP contribution in [-0.4, -0.2) is 25.0 Å². The van der Waals surface area contributed by atoms with Gasteiger partial charge in [0.1, 0.15) is 0 Å². The molecule has 2 unspecified atom stereocenters. The van der Waals surface area contributed by atoms with Crippen LogP contribution in [0.25, 0.3) is 0 Å². The highest BCUT2D eigenvalue weighted by atomic mass is 15.1. The molecule has 1 fully saturated rings.